The molecule has 1 aromatic heterocycles. The molecule has 1 fully saturated rings. The summed E-state index contributed by atoms with van der Waals surface area (Å²) in [5.74, 6) is 1.09. The zero-order valence-corrected chi connectivity index (χ0v) is 14.1. The Morgan fingerprint density at radius 1 is 1.26 bits per heavy atom. The molecule has 23 heavy (non-hydrogen) atoms. The standard InChI is InChI=1S/C18H22ClN3O/c1-22-12-11-20-17(22)16(13-7-9-15(19)10-8-13)21-18(23)14-5-3-2-4-6-14/h7-12,14,16H,2-6H2,1H3,(H,21,23)/t16-/m1/s1. The summed E-state index contributed by atoms with van der Waals surface area (Å²) in [5.41, 5.74) is 0.993. The average Bonchev–Trinajstić information content (AvgIpc) is 3.00. The van der Waals surface area contributed by atoms with Crippen LogP contribution in [-0.4, -0.2) is 15.5 Å². The van der Waals surface area contributed by atoms with Crippen molar-refractivity contribution in [3.8, 4) is 0 Å². The van der Waals surface area contributed by atoms with E-state index in [1.54, 1.807) is 6.20 Å². The van der Waals surface area contributed by atoms with E-state index in [0.717, 1.165) is 37.1 Å². The Hall–Kier alpha value is -1.81. The van der Waals surface area contributed by atoms with Gasteiger partial charge in [-0.2, -0.15) is 0 Å². The number of nitrogens with zero attached hydrogens (tertiary/aromatic N) is 2. The topological polar surface area (TPSA) is 46.9 Å². The Kier molecular flexibility index (Phi) is 5.01. The van der Waals surface area contributed by atoms with Gasteiger partial charge in [-0.3, -0.25) is 4.79 Å². The van der Waals surface area contributed by atoms with Gasteiger partial charge >= 0.3 is 0 Å². The molecule has 4 nitrogen and oxygen atoms in total. The monoisotopic (exact) mass is 331 g/mol. The number of halogens is 1. The van der Waals surface area contributed by atoms with Crippen LogP contribution in [0.3, 0.4) is 0 Å². The Balaban J connectivity index is 1.84. The molecule has 0 radical (unpaired) electrons. The smallest absolute Gasteiger partial charge is 0.223 e. The predicted molar refractivity (Wildman–Crippen MR) is 91.2 cm³/mol. The summed E-state index contributed by atoms with van der Waals surface area (Å²) in [4.78, 5) is 17.1. The van der Waals surface area contributed by atoms with Gasteiger partial charge in [0.15, 0.2) is 0 Å². The molecule has 0 bridgehead atoms. The Morgan fingerprint density at radius 3 is 2.57 bits per heavy atom. The van der Waals surface area contributed by atoms with Crippen molar-refractivity contribution < 1.29 is 4.79 Å². The molecule has 1 aliphatic carbocycles. The molecule has 1 aromatic carbocycles. The summed E-state index contributed by atoms with van der Waals surface area (Å²) in [6.45, 7) is 0. The van der Waals surface area contributed by atoms with Crippen LogP contribution in [0.2, 0.25) is 5.02 Å². The molecular formula is C18H22ClN3O. The number of aryl methyl sites for hydroxylation is 1. The Morgan fingerprint density at radius 2 is 1.96 bits per heavy atom. The quantitative estimate of drug-likeness (QED) is 0.924. The third-order valence-corrected chi connectivity index (χ3v) is 4.83. The van der Waals surface area contributed by atoms with Crippen LogP contribution < -0.4 is 5.32 Å². The van der Waals surface area contributed by atoms with Crippen LogP contribution in [0.15, 0.2) is 36.7 Å². The second-order valence-electron chi connectivity index (χ2n) is 6.22. The largest absolute Gasteiger partial charge is 0.342 e. The summed E-state index contributed by atoms with van der Waals surface area (Å²) >= 11 is 5.99. The summed E-state index contributed by atoms with van der Waals surface area (Å²) in [6.07, 6.45) is 9.15. The van der Waals surface area contributed by atoms with Gasteiger partial charge in [0, 0.05) is 30.4 Å². The molecule has 1 aliphatic rings. The van der Waals surface area contributed by atoms with Crippen molar-refractivity contribution in [2.24, 2.45) is 13.0 Å². The van der Waals surface area contributed by atoms with Crippen LogP contribution in [0, 0.1) is 5.92 Å². The van der Waals surface area contributed by atoms with Crippen LogP contribution in [0.1, 0.15) is 49.5 Å². The molecule has 0 aliphatic heterocycles. The van der Waals surface area contributed by atoms with E-state index in [1.807, 2.05) is 42.1 Å². The van der Waals surface area contributed by atoms with Crippen molar-refractivity contribution in [2.75, 3.05) is 0 Å². The summed E-state index contributed by atoms with van der Waals surface area (Å²) in [6, 6.07) is 7.34. The summed E-state index contributed by atoms with van der Waals surface area (Å²) < 4.78 is 1.94. The lowest BCUT2D eigenvalue weighted by atomic mass is 9.88. The number of carbonyl (C=O) groups excluding carboxylic acids is 1. The minimum Gasteiger partial charge on any atom is -0.342 e. The number of imidazole rings is 1. The van der Waals surface area contributed by atoms with E-state index in [2.05, 4.69) is 10.3 Å². The van der Waals surface area contributed by atoms with Gasteiger partial charge in [0.05, 0.1) is 0 Å². The zero-order valence-electron chi connectivity index (χ0n) is 13.3. The molecule has 1 saturated carbocycles. The van der Waals surface area contributed by atoms with Crippen molar-refractivity contribution in [3.05, 3.63) is 53.1 Å². The lowest BCUT2D eigenvalue weighted by molar-refractivity contribution is -0.126. The number of amides is 1. The van der Waals surface area contributed by atoms with Crippen molar-refractivity contribution in [1.29, 1.82) is 0 Å². The van der Waals surface area contributed by atoms with Crippen molar-refractivity contribution in [1.82, 2.24) is 14.9 Å². The second-order valence-corrected chi connectivity index (χ2v) is 6.66. The molecule has 1 heterocycles. The van der Waals surface area contributed by atoms with Gasteiger partial charge in [-0.1, -0.05) is 43.0 Å². The maximum Gasteiger partial charge on any atom is 0.223 e. The predicted octanol–water partition coefficient (Wildman–Crippen LogP) is 3.86. The highest BCUT2D eigenvalue weighted by atomic mass is 35.5. The summed E-state index contributed by atoms with van der Waals surface area (Å²) in [5, 5.41) is 3.89. The van der Waals surface area contributed by atoms with Crippen molar-refractivity contribution in [2.45, 2.75) is 38.1 Å². The molecule has 3 rings (SSSR count). The van der Waals surface area contributed by atoms with E-state index < -0.39 is 0 Å². The van der Waals surface area contributed by atoms with Gasteiger partial charge in [0.25, 0.3) is 0 Å². The van der Waals surface area contributed by atoms with Crippen LogP contribution in [-0.2, 0) is 11.8 Å². The fourth-order valence-electron chi connectivity index (χ4n) is 3.23. The van der Waals surface area contributed by atoms with Crippen molar-refractivity contribution >= 4 is 17.5 Å². The van der Waals surface area contributed by atoms with Crippen LogP contribution in [0.4, 0.5) is 0 Å². The third kappa shape index (κ3) is 3.75. The van der Waals surface area contributed by atoms with E-state index in [1.165, 1.54) is 6.42 Å². The molecular weight excluding hydrogens is 310 g/mol. The molecule has 0 saturated heterocycles. The van der Waals surface area contributed by atoms with Crippen LogP contribution in [0.5, 0.6) is 0 Å². The van der Waals surface area contributed by atoms with E-state index in [0.29, 0.717) is 5.02 Å². The van der Waals surface area contributed by atoms with Gasteiger partial charge in [-0.25, -0.2) is 4.98 Å². The molecule has 1 N–H and O–H groups in total. The van der Waals surface area contributed by atoms with Crippen LogP contribution in [0.25, 0.3) is 0 Å². The first kappa shape index (κ1) is 16.1. The van der Waals surface area contributed by atoms with E-state index in [4.69, 9.17) is 11.6 Å². The molecule has 0 unspecified atom stereocenters. The fourth-order valence-corrected chi connectivity index (χ4v) is 3.36. The number of aromatic nitrogens is 2. The van der Waals surface area contributed by atoms with Crippen LogP contribution >= 0.6 is 11.6 Å². The molecule has 1 atom stereocenters. The number of benzene rings is 1. The van der Waals surface area contributed by atoms with Gasteiger partial charge in [-0.05, 0) is 30.5 Å². The Labute approximate surface area is 141 Å². The van der Waals surface area contributed by atoms with Crippen molar-refractivity contribution in [3.63, 3.8) is 0 Å². The van der Waals surface area contributed by atoms with Gasteiger partial charge in [0.2, 0.25) is 5.91 Å². The second kappa shape index (κ2) is 7.18. The highest BCUT2D eigenvalue weighted by Crippen LogP contribution is 2.27. The number of carbonyl (C=O) groups is 1. The number of rotatable bonds is 4. The first-order valence-electron chi connectivity index (χ1n) is 8.18. The van der Waals surface area contributed by atoms with Gasteiger partial charge < -0.3 is 9.88 Å². The number of hydrogen-bond acceptors (Lipinski definition) is 2. The Bertz CT molecular complexity index is 659. The van der Waals surface area contributed by atoms with E-state index >= 15 is 0 Å². The van der Waals surface area contributed by atoms with E-state index in [-0.39, 0.29) is 17.9 Å². The SMILES string of the molecule is Cn1ccnc1[C@H](NC(=O)C1CCCCC1)c1ccc(Cl)cc1. The maximum absolute atomic E-state index is 12.7. The van der Waals surface area contributed by atoms with Gasteiger partial charge in [-0.15, -0.1) is 0 Å². The number of nitrogens with one attached hydrogen (secondary N) is 1. The third-order valence-electron chi connectivity index (χ3n) is 4.58. The normalized spacial score (nSPS) is 17.0. The first-order valence-corrected chi connectivity index (χ1v) is 8.56. The minimum absolute atomic E-state index is 0.124. The van der Waals surface area contributed by atoms with E-state index in [9.17, 15) is 4.79 Å². The molecule has 1 amide bonds. The molecule has 2 aromatic rings. The molecule has 0 spiro atoms. The minimum atomic E-state index is -0.248. The molecule has 122 valence electrons. The van der Waals surface area contributed by atoms with Gasteiger partial charge in [0.1, 0.15) is 11.9 Å². The fraction of sp³-hybridized carbons (Fsp3) is 0.444. The lowest BCUT2D eigenvalue weighted by Gasteiger charge is -2.25. The maximum atomic E-state index is 12.7. The summed E-state index contributed by atoms with van der Waals surface area (Å²) in [7, 11) is 1.94. The highest BCUT2D eigenvalue weighted by Gasteiger charge is 2.26. The highest BCUT2D eigenvalue weighted by molar-refractivity contribution is 6.30. The molecule has 5 heteroatoms. The number of hydrogen-bond donors (Lipinski definition) is 1. The zero-order chi connectivity index (χ0) is 16.2. The average molecular weight is 332 g/mol. The lowest BCUT2D eigenvalue weighted by Crippen LogP contribution is -2.36. The first-order chi connectivity index (χ1) is 11.1.